The summed E-state index contributed by atoms with van der Waals surface area (Å²) in [5.41, 5.74) is 0.507. The van der Waals surface area contributed by atoms with Crippen molar-refractivity contribution in [3.05, 3.63) is 35.9 Å². The van der Waals surface area contributed by atoms with Gasteiger partial charge in [-0.2, -0.15) is 0 Å². The monoisotopic (exact) mass is 457 g/mol. The molecule has 0 heterocycles. The van der Waals surface area contributed by atoms with Crippen LogP contribution in [0, 0.1) is 0 Å². The fourth-order valence-electron chi connectivity index (χ4n) is 2.16. The molecule has 1 rings (SSSR count). The summed E-state index contributed by atoms with van der Waals surface area (Å²) in [7, 11) is 0. The van der Waals surface area contributed by atoms with E-state index in [1.165, 1.54) is 0 Å². The number of carboxylic acid groups (broad SMARTS) is 1. The fraction of sp³-hybridized carbons (Fsp3) is 0.571. The Bertz CT molecular complexity index is 641. The third-order valence-electron chi connectivity index (χ3n) is 3.61. The molecule has 0 aliphatic carbocycles. The number of carbonyl (C=O) groups is 3. The van der Waals surface area contributed by atoms with E-state index in [1.807, 2.05) is 6.07 Å². The molecule has 0 fully saturated rings. The van der Waals surface area contributed by atoms with Crippen molar-refractivity contribution in [2.75, 3.05) is 79.2 Å². The Morgan fingerprint density at radius 3 is 1.78 bits per heavy atom. The van der Waals surface area contributed by atoms with E-state index in [-0.39, 0.29) is 19.2 Å². The third kappa shape index (κ3) is 16.2. The van der Waals surface area contributed by atoms with Gasteiger partial charge in [-0.05, 0) is 12.1 Å². The molecule has 0 spiro atoms. The standard InChI is InChI=1S/C21H31NO10/c23-19(16-31-17-20(24)25)22-6-7-27-8-9-28-10-11-29-12-13-30-14-15-32-21(26)18-4-2-1-3-5-18/h1-5H,6-17H2,(H,22,23)(H,24,25). The summed E-state index contributed by atoms with van der Waals surface area (Å²) in [4.78, 5) is 33.2. The van der Waals surface area contributed by atoms with Crippen LogP contribution in [0.2, 0.25) is 0 Å². The Hall–Kier alpha value is -2.57. The van der Waals surface area contributed by atoms with Crippen LogP contribution >= 0.6 is 0 Å². The van der Waals surface area contributed by atoms with E-state index in [1.54, 1.807) is 24.3 Å². The average molecular weight is 457 g/mol. The fourth-order valence-corrected chi connectivity index (χ4v) is 2.16. The lowest BCUT2D eigenvalue weighted by Crippen LogP contribution is -2.31. The van der Waals surface area contributed by atoms with Crippen LogP contribution in [0.15, 0.2) is 30.3 Å². The summed E-state index contributed by atoms with van der Waals surface area (Å²) in [5.74, 6) is -1.90. The van der Waals surface area contributed by atoms with Crippen LogP contribution in [0.3, 0.4) is 0 Å². The molecule has 1 amide bonds. The molecule has 2 N–H and O–H groups in total. The smallest absolute Gasteiger partial charge is 0.338 e. The second-order valence-corrected chi connectivity index (χ2v) is 6.19. The lowest BCUT2D eigenvalue weighted by molar-refractivity contribution is -0.143. The normalized spacial score (nSPS) is 10.6. The zero-order chi connectivity index (χ0) is 23.3. The summed E-state index contributed by atoms with van der Waals surface area (Å²) in [6.45, 7) is 2.65. The summed E-state index contributed by atoms with van der Waals surface area (Å²) in [6, 6.07) is 8.76. The molecule has 0 saturated carbocycles. The molecule has 1 aromatic carbocycles. The van der Waals surface area contributed by atoms with Crippen LogP contribution < -0.4 is 5.32 Å². The van der Waals surface area contributed by atoms with Crippen molar-refractivity contribution in [2.24, 2.45) is 0 Å². The van der Waals surface area contributed by atoms with Crippen molar-refractivity contribution in [3.63, 3.8) is 0 Å². The highest BCUT2D eigenvalue weighted by atomic mass is 16.6. The zero-order valence-electron chi connectivity index (χ0n) is 18.0. The first kappa shape index (κ1) is 27.5. The van der Waals surface area contributed by atoms with Crippen molar-refractivity contribution >= 4 is 17.8 Å². The molecule has 11 nitrogen and oxygen atoms in total. The molecule has 0 unspecified atom stereocenters. The molecule has 0 aliphatic heterocycles. The maximum Gasteiger partial charge on any atom is 0.338 e. The molecular formula is C21H31NO10. The highest BCUT2D eigenvalue weighted by Crippen LogP contribution is 2.00. The van der Waals surface area contributed by atoms with Crippen LogP contribution in [0.25, 0.3) is 0 Å². The second-order valence-electron chi connectivity index (χ2n) is 6.19. The van der Waals surface area contributed by atoms with E-state index < -0.39 is 18.5 Å². The van der Waals surface area contributed by atoms with Gasteiger partial charge in [0.2, 0.25) is 5.91 Å². The lowest BCUT2D eigenvalue weighted by Gasteiger charge is -2.08. The number of esters is 1. The van der Waals surface area contributed by atoms with E-state index in [4.69, 9.17) is 28.8 Å². The van der Waals surface area contributed by atoms with Gasteiger partial charge in [0.25, 0.3) is 0 Å². The SMILES string of the molecule is O=C(O)COCC(=O)NCCOCCOCCOCCOCCOC(=O)c1ccccc1. The maximum atomic E-state index is 11.7. The van der Waals surface area contributed by atoms with Crippen molar-refractivity contribution < 1.29 is 47.9 Å². The predicted molar refractivity (Wildman–Crippen MR) is 111 cm³/mol. The number of carbonyl (C=O) groups excluding carboxylic acids is 2. The first-order valence-electron chi connectivity index (χ1n) is 10.2. The summed E-state index contributed by atoms with van der Waals surface area (Å²) in [6.07, 6.45) is 0. The van der Waals surface area contributed by atoms with Gasteiger partial charge in [0, 0.05) is 6.54 Å². The number of amides is 1. The Morgan fingerprint density at radius 1 is 0.688 bits per heavy atom. The Balaban J connectivity index is 1.76. The number of aliphatic carboxylic acids is 1. The molecule has 1 aromatic rings. The molecule has 0 saturated heterocycles. The van der Waals surface area contributed by atoms with E-state index in [2.05, 4.69) is 10.1 Å². The first-order valence-corrected chi connectivity index (χ1v) is 10.2. The lowest BCUT2D eigenvalue weighted by atomic mass is 10.2. The van der Waals surface area contributed by atoms with Gasteiger partial charge in [0.1, 0.15) is 19.8 Å². The molecule has 0 aromatic heterocycles. The number of carboxylic acids is 1. The quantitative estimate of drug-likeness (QED) is 0.205. The topological polar surface area (TPSA) is 139 Å². The molecule has 32 heavy (non-hydrogen) atoms. The molecule has 180 valence electrons. The Morgan fingerprint density at radius 2 is 1.22 bits per heavy atom. The van der Waals surface area contributed by atoms with Gasteiger partial charge in [-0.15, -0.1) is 0 Å². The highest BCUT2D eigenvalue weighted by Gasteiger charge is 2.05. The Kier molecular flexibility index (Phi) is 16.4. The maximum absolute atomic E-state index is 11.7. The molecule has 0 atom stereocenters. The van der Waals surface area contributed by atoms with Crippen LogP contribution in [0.4, 0.5) is 0 Å². The number of hydrogen-bond donors (Lipinski definition) is 2. The first-order chi connectivity index (χ1) is 15.6. The minimum atomic E-state index is -1.13. The minimum Gasteiger partial charge on any atom is -0.480 e. The van der Waals surface area contributed by atoms with Gasteiger partial charge in [-0.3, -0.25) is 4.79 Å². The van der Waals surface area contributed by atoms with Crippen LogP contribution in [-0.2, 0) is 38.0 Å². The predicted octanol–water partition coefficient (Wildman–Crippen LogP) is 0.127. The number of rotatable bonds is 20. The molecule has 11 heteroatoms. The Labute approximate surface area is 186 Å². The second kappa shape index (κ2) is 19.1. The van der Waals surface area contributed by atoms with Gasteiger partial charge < -0.3 is 38.8 Å². The van der Waals surface area contributed by atoms with Crippen molar-refractivity contribution in [3.8, 4) is 0 Å². The largest absolute Gasteiger partial charge is 0.480 e. The van der Waals surface area contributed by atoms with Crippen LogP contribution in [-0.4, -0.2) is 102 Å². The van der Waals surface area contributed by atoms with E-state index >= 15 is 0 Å². The molecule has 0 aliphatic rings. The van der Waals surface area contributed by atoms with Crippen molar-refractivity contribution in [2.45, 2.75) is 0 Å². The minimum absolute atomic E-state index is 0.180. The van der Waals surface area contributed by atoms with Crippen molar-refractivity contribution in [1.29, 1.82) is 0 Å². The van der Waals surface area contributed by atoms with Gasteiger partial charge in [0.15, 0.2) is 0 Å². The zero-order valence-corrected chi connectivity index (χ0v) is 18.0. The average Bonchev–Trinajstić information content (AvgIpc) is 2.79. The summed E-state index contributed by atoms with van der Waals surface area (Å²) < 4.78 is 31.0. The van der Waals surface area contributed by atoms with E-state index in [0.29, 0.717) is 65.0 Å². The van der Waals surface area contributed by atoms with Crippen LogP contribution in [0.5, 0.6) is 0 Å². The van der Waals surface area contributed by atoms with Gasteiger partial charge in [-0.1, -0.05) is 18.2 Å². The van der Waals surface area contributed by atoms with Crippen molar-refractivity contribution in [1.82, 2.24) is 5.32 Å². The number of ether oxygens (including phenoxy) is 6. The van der Waals surface area contributed by atoms with Gasteiger partial charge in [0.05, 0.1) is 58.4 Å². The number of benzene rings is 1. The van der Waals surface area contributed by atoms with Crippen LogP contribution in [0.1, 0.15) is 10.4 Å². The van der Waals surface area contributed by atoms with E-state index in [0.717, 1.165) is 0 Å². The van der Waals surface area contributed by atoms with Gasteiger partial charge >= 0.3 is 11.9 Å². The van der Waals surface area contributed by atoms with E-state index in [9.17, 15) is 14.4 Å². The molecule has 0 bridgehead atoms. The number of nitrogens with one attached hydrogen (secondary N) is 1. The highest BCUT2D eigenvalue weighted by molar-refractivity contribution is 5.89. The van der Waals surface area contributed by atoms with Gasteiger partial charge in [-0.25, -0.2) is 9.59 Å². The molecular weight excluding hydrogens is 426 g/mol. The molecule has 0 radical (unpaired) electrons. The number of hydrogen-bond acceptors (Lipinski definition) is 9. The summed E-state index contributed by atoms with van der Waals surface area (Å²) in [5, 5.41) is 10.9. The third-order valence-corrected chi connectivity index (χ3v) is 3.61. The summed E-state index contributed by atoms with van der Waals surface area (Å²) >= 11 is 0.